The number of ether oxygens (including phenoxy) is 2. The van der Waals surface area contributed by atoms with Crippen molar-refractivity contribution in [2.75, 3.05) is 24.7 Å². The summed E-state index contributed by atoms with van der Waals surface area (Å²) in [6, 6.07) is 1.29. The normalized spacial score (nSPS) is 29.7. The van der Waals surface area contributed by atoms with Crippen LogP contribution in [0.3, 0.4) is 0 Å². The Morgan fingerprint density at radius 3 is 2.45 bits per heavy atom. The smallest absolute Gasteiger partial charge is 0.387 e. The van der Waals surface area contributed by atoms with Crippen molar-refractivity contribution in [1.82, 2.24) is 29.1 Å². The first kappa shape index (κ1) is 30.5. The summed E-state index contributed by atoms with van der Waals surface area (Å²) < 4.78 is 52.3. The van der Waals surface area contributed by atoms with Gasteiger partial charge in [-0.25, -0.2) is 28.9 Å². The van der Waals surface area contributed by atoms with Gasteiger partial charge in [-0.3, -0.25) is 22.7 Å². The maximum Gasteiger partial charge on any atom is 0.472 e. The van der Waals surface area contributed by atoms with Crippen LogP contribution in [0.15, 0.2) is 29.7 Å². The molecular weight excluding hydrogens is 610 g/mol. The van der Waals surface area contributed by atoms with E-state index >= 15 is 0 Å². The Labute approximate surface area is 234 Å². The van der Waals surface area contributed by atoms with Crippen molar-refractivity contribution >= 4 is 38.4 Å². The van der Waals surface area contributed by atoms with Gasteiger partial charge in [-0.1, -0.05) is 0 Å². The Kier molecular flexibility index (Phi) is 8.47. The van der Waals surface area contributed by atoms with E-state index in [1.54, 1.807) is 0 Å². The van der Waals surface area contributed by atoms with Crippen LogP contribution in [0.1, 0.15) is 18.9 Å². The molecule has 230 valence electrons. The van der Waals surface area contributed by atoms with Crippen LogP contribution >= 0.6 is 15.6 Å². The number of phosphoric ester groups is 2. The number of nitrogens with two attached hydrogens (primary N) is 2. The molecule has 2 aliphatic heterocycles. The zero-order valence-electron chi connectivity index (χ0n) is 21.2. The predicted octanol–water partition coefficient (Wildman–Crippen LogP) is -2.23. The number of phosphoric acid groups is 2. The molecule has 0 spiro atoms. The van der Waals surface area contributed by atoms with Crippen LogP contribution in [0.5, 0.6) is 0 Å². The third-order valence-corrected chi connectivity index (χ3v) is 7.92. The van der Waals surface area contributed by atoms with Crippen molar-refractivity contribution < 1.29 is 57.1 Å². The Balaban J connectivity index is 1.26. The minimum atomic E-state index is -4.99. The Bertz CT molecular complexity index is 1600. The first-order valence-electron chi connectivity index (χ1n) is 12.0. The van der Waals surface area contributed by atoms with Crippen molar-refractivity contribution in [3.8, 4) is 0 Å². The van der Waals surface area contributed by atoms with E-state index in [0.29, 0.717) is 0 Å². The van der Waals surface area contributed by atoms with Gasteiger partial charge >= 0.3 is 21.3 Å². The average molecular weight is 636 g/mol. The summed E-state index contributed by atoms with van der Waals surface area (Å²) in [5.41, 5.74) is 10.9. The van der Waals surface area contributed by atoms with Crippen molar-refractivity contribution in [3.05, 3.63) is 35.4 Å². The molecule has 2 fully saturated rings. The minimum Gasteiger partial charge on any atom is -0.387 e. The number of aromatic nitrogens is 6. The van der Waals surface area contributed by atoms with E-state index in [1.807, 2.05) is 0 Å². The van der Waals surface area contributed by atoms with Gasteiger partial charge in [-0.15, -0.1) is 0 Å². The van der Waals surface area contributed by atoms with E-state index in [9.17, 15) is 29.0 Å². The van der Waals surface area contributed by atoms with Crippen molar-refractivity contribution in [2.24, 2.45) is 0 Å². The van der Waals surface area contributed by atoms with Crippen LogP contribution in [0.25, 0.3) is 11.2 Å². The van der Waals surface area contributed by atoms with Gasteiger partial charge in [0.2, 0.25) is 0 Å². The lowest BCUT2D eigenvalue weighted by Crippen LogP contribution is -2.34. The zero-order chi connectivity index (χ0) is 30.4. The fourth-order valence-electron chi connectivity index (χ4n) is 4.47. The van der Waals surface area contributed by atoms with Gasteiger partial charge in [0.25, 0.3) is 0 Å². The molecule has 2 aliphatic rings. The number of fused-ring (bicyclic) bond motifs is 1. The second kappa shape index (κ2) is 11.6. The second-order valence-corrected chi connectivity index (χ2v) is 11.9. The van der Waals surface area contributed by atoms with Crippen LogP contribution in [-0.2, 0) is 32.2 Å². The van der Waals surface area contributed by atoms with Crippen molar-refractivity contribution in [2.45, 2.75) is 49.4 Å². The van der Waals surface area contributed by atoms with Crippen LogP contribution in [-0.4, -0.2) is 97.7 Å². The molecule has 3 aromatic heterocycles. The van der Waals surface area contributed by atoms with E-state index < -0.39 is 77.5 Å². The Morgan fingerprint density at radius 1 is 1.00 bits per heavy atom. The molecule has 9 N–H and O–H groups in total. The van der Waals surface area contributed by atoms with Gasteiger partial charge in [-0.05, 0) is 6.07 Å². The first-order valence-corrected chi connectivity index (χ1v) is 15.1. The molecule has 5 heterocycles. The van der Waals surface area contributed by atoms with E-state index in [4.69, 9.17) is 39.8 Å². The molecule has 0 aromatic carbocycles. The molecule has 0 bridgehead atoms. The zero-order valence-corrected chi connectivity index (χ0v) is 23.0. The quantitative estimate of drug-likeness (QED) is 0.116. The van der Waals surface area contributed by atoms with Crippen molar-refractivity contribution in [1.29, 1.82) is 0 Å². The molecular formula is C19H26N8O13P2. The van der Waals surface area contributed by atoms with Crippen LogP contribution in [0.2, 0.25) is 0 Å². The molecule has 0 radical (unpaired) electrons. The van der Waals surface area contributed by atoms with Gasteiger partial charge in [0.15, 0.2) is 17.7 Å². The minimum absolute atomic E-state index is 0.0704. The van der Waals surface area contributed by atoms with Gasteiger partial charge in [0.1, 0.15) is 54.4 Å². The number of nitrogen functional groups attached to an aromatic ring is 2. The molecule has 0 aliphatic carbocycles. The van der Waals surface area contributed by atoms with Crippen molar-refractivity contribution in [3.63, 3.8) is 0 Å². The summed E-state index contributed by atoms with van der Waals surface area (Å²) in [7, 11) is -9.96. The van der Waals surface area contributed by atoms with Crippen LogP contribution < -0.4 is 17.2 Å². The lowest BCUT2D eigenvalue weighted by molar-refractivity contribution is -0.0588. The Hall–Kier alpha value is -2.91. The molecule has 8 atom stereocenters. The van der Waals surface area contributed by atoms with Gasteiger partial charge < -0.3 is 45.8 Å². The van der Waals surface area contributed by atoms with E-state index in [0.717, 1.165) is 4.57 Å². The summed E-state index contributed by atoms with van der Waals surface area (Å²) in [6.07, 6.45) is -6.12. The summed E-state index contributed by atoms with van der Waals surface area (Å²) in [6.45, 7) is -1.53. The van der Waals surface area contributed by atoms with Gasteiger partial charge in [0.05, 0.1) is 19.5 Å². The number of rotatable bonds is 10. The lowest BCUT2D eigenvalue weighted by atomic mass is 10.1. The fourth-order valence-corrected chi connectivity index (χ4v) is 5.77. The van der Waals surface area contributed by atoms with E-state index in [1.165, 1.54) is 29.5 Å². The average Bonchev–Trinajstić information content (AvgIpc) is 3.58. The monoisotopic (exact) mass is 636 g/mol. The maximum absolute atomic E-state index is 12.9. The third kappa shape index (κ3) is 6.52. The number of aliphatic hydroxyl groups is 2. The SMILES string of the molecule is Nc1ccn(C2C[C@H](OP(=O)(O)OCC3O[C@@H](n4cnc5c(N)ncnc54)[C@H](O)[C@@H]3O)[C@@H](COP(=O)(O)O)O2)c(=O)n1. The van der Waals surface area contributed by atoms with Crippen LogP contribution in [0.4, 0.5) is 11.6 Å². The molecule has 23 heteroatoms. The molecule has 2 saturated heterocycles. The van der Waals surface area contributed by atoms with E-state index in [2.05, 4.69) is 24.5 Å². The number of nitrogens with zero attached hydrogens (tertiary/aromatic N) is 6. The Morgan fingerprint density at radius 2 is 1.74 bits per heavy atom. The highest BCUT2D eigenvalue weighted by atomic mass is 31.2. The highest BCUT2D eigenvalue weighted by molar-refractivity contribution is 7.47. The number of anilines is 2. The maximum atomic E-state index is 12.9. The molecule has 21 nitrogen and oxygen atoms in total. The van der Waals surface area contributed by atoms with E-state index in [-0.39, 0.29) is 29.2 Å². The summed E-state index contributed by atoms with van der Waals surface area (Å²) in [5.74, 6) is 0.00388. The highest BCUT2D eigenvalue weighted by Crippen LogP contribution is 2.49. The standard InChI is InChI=1S/C19H26N8O13P2/c20-11-1-2-26(19(30)25-11)12-3-8(9(38-12)4-36-41(31,32)33)40-42(34,35)37-5-10-14(28)15(29)18(39-10)27-7-24-13-16(21)22-6-23-17(13)27/h1-2,6-10,12,14-15,18,28-29H,3-5H2,(H,34,35)(H2,20,25,30)(H2,21,22,23)(H2,31,32,33)/t8-,9+,10?,12?,14+,15+,18+/m0/s1. The third-order valence-electron chi connectivity index (χ3n) is 6.42. The highest BCUT2D eigenvalue weighted by Gasteiger charge is 2.47. The molecule has 3 aromatic rings. The fraction of sp³-hybridized carbons (Fsp3) is 0.526. The van der Waals surface area contributed by atoms with Gasteiger partial charge in [0, 0.05) is 12.6 Å². The largest absolute Gasteiger partial charge is 0.472 e. The molecule has 0 amide bonds. The number of aliphatic hydroxyl groups excluding tert-OH is 2. The second-order valence-electron chi connectivity index (χ2n) is 9.23. The first-order chi connectivity index (χ1) is 19.7. The molecule has 42 heavy (non-hydrogen) atoms. The molecule has 0 saturated carbocycles. The van der Waals surface area contributed by atoms with Crippen LogP contribution in [0, 0.1) is 0 Å². The lowest BCUT2D eigenvalue weighted by Gasteiger charge is -2.22. The number of hydrogen-bond donors (Lipinski definition) is 7. The number of imidazole rings is 1. The summed E-state index contributed by atoms with van der Waals surface area (Å²) >= 11 is 0. The molecule has 5 rings (SSSR count). The van der Waals surface area contributed by atoms with Gasteiger partial charge in [-0.2, -0.15) is 4.98 Å². The summed E-state index contributed by atoms with van der Waals surface area (Å²) in [5, 5.41) is 21.1. The molecule has 3 unspecified atom stereocenters. The predicted molar refractivity (Wildman–Crippen MR) is 136 cm³/mol. The topological polar surface area (TPSA) is 312 Å². The number of hydrogen-bond acceptors (Lipinski definition) is 16. The summed E-state index contributed by atoms with van der Waals surface area (Å²) in [4.78, 5) is 56.3.